The average Bonchev–Trinajstić information content (AvgIpc) is 3.07. The summed E-state index contributed by atoms with van der Waals surface area (Å²) in [7, 11) is 2.78. The minimum absolute atomic E-state index is 0.0377. The van der Waals surface area contributed by atoms with Gasteiger partial charge in [0.25, 0.3) is 0 Å². The molecule has 2 saturated heterocycles. The van der Waals surface area contributed by atoms with E-state index in [0.29, 0.717) is 11.1 Å². The highest BCUT2D eigenvalue weighted by molar-refractivity contribution is 5.87. The number of carbonyl (C=O) groups excluding carboxylic acids is 2. The Morgan fingerprint density at radius 2 is 1.57 bits per heavy atom. The van der Waals surface area contributed by atoms with Crippen LogP contribution >= 0.6 is 0 Å². The number of phenolic OH excluding ortho intramolecular Hbond substituents is 2. The summed E-state index contributed by atoms with van der Waals surface area (Å²) in [4.78, 5) is 24.6. The van der Waals surface area contributed by atoms with Crippen LogP contribution in [-0.4, -0.2) is 131 Å². The number of esters is 2. The molecule has 2 fully saturated rings. The molecule has 0 bridgehead atoms. The lowest BCUT2D eigenvalue weighted by Crippen LogP contribution is -2.65. The number of rotatable bonds is 13. The van der Waals surface area contributed by atoms with Gasteiger partial charge in [-0.2, -0.15) is 0 Å². The van der Waals surface area contributed by atoms with E-state index in [0.717, 1.165) is 13.0 Å². The van der Waals surface area contributed by atoms with E-state index < -0.39 is 80.0 Å². The Kier molecular flexibility index (Phi) is 13.2. The number of aliphatic hydroxyl groups excluding tert-OH is 4. The van der Waals surface area contributed by atoms with Crippen molar-refractivity contribution in [2.24, 2.45) is 0 Å². The summed E-state index contributed by atoms with van der Waals surface area (Å²) in [5.41, 5.74) is 1.14. The van der Waals surface area contributed by atoms with Crippen molar-refractivity contribution in [3.8, 4) is 23.0 Å². The van der Waals surface area contributed by atoms with Crippen LogP contribution in [0.3, 0.4) is 0 Å². The lowest BCUT2D eigenvalue weighted by Gasteiger charge is -2.46. The summed E-state index contributed by atoms with van der Waals surface area (Å²) in [6.07, 6.45) is -12.1. The molecule has 2 heterocycles. The second-order valence-electron chi connectivity index (χ2n) is 11.4. The third-order valence-corrected chi connectivity index (χ3v) is 7.95. The quantitative estimate of drug-likeness (QED) is 0.121. The Morgan fingerprint density at radius 1 is 0.837 bits per heavy atom. The molecule has 4 rings (SSSR count). The molecular formula is C33H42O16. The molecule has 2 aromatic rings. The molecule has 0 unspecified atom stereocenters. The molecule has 10 atom stereocenters. The monoisotopic (exact) mass is 694 g/mol. The van der Waals surface area contributed by atoms with E-state index >= 15 is 0 Å². The van der Waals surface area contributed by atoms with Gasteiger partial charge in [-0.05, 0) is 54.8 Å². The van der Waals surface area contributed by atoms with Crippen LogP contribution in [0.1, 0.15) is 25.0 Å². The van der Waals surface area contributed by atoms with Crippen LogP contribution in [0, 0.1) is 0 Å². The van der Waals surface area contributed by atoms with Crippen molar-refractivity contribution in [1.82, 2.24) is 0 Å². The Hall–Kier alpha value is -4.00. The van der Waals surface area contributed by atoms with E-state index in [1.54, 1.807) is 12.1 Å². The summed E-state index contributed by atoms with van der Waals surface area (Å²) in [6.45, 7) is 1.84. The van der Waals surface area contributed by atoms with Gasteiger partial charge in [-0.3, -0.25) is 4.79 Å². The molecule has 0 spiro atoms. The molecule has 16 heteroatoms. The van der Waals surface area contributed by atoms with Crippen molar-refractivity contribution in [3.05, 3.63) is 53.6 Å². The van der Waals surface area contributed by atoms with Crippen molar-refractivity contribution in [2.75, 3.05) is 27.4 Å². The maximum absolute atomic E-state index is 13.0. The summed E-state index contributed by atoms with van der Waals surface area (Å²) in [6, 6.07) is 9.13. The summed E-state index contributed by atoms with van der Waals surface area (Å²) < 4.78 is 44.1. The van der Waals surface area contributed by atoms with Gasteiger partial charge in [-0.1, -0.05) is 12.1 Å². The highest BCUT2D eigenvalue weighted by Gasteiger charge is 2.53. The van der Waals surface area contributed by atoms with Crippen molar-refractivity contribution in [1.29, 1.82) is 0 Å². The topological polar surface area (TPSA) is 229 Å². The summed E-state index contributed by atoms with van der Waals surface area (Å²) in [5.74, 6) is -1.39. The molecule has 0 amide bonds. The first-order chi connectivity index (χ1) is 23.4. The Morgan fingerprint density at radius 3 is 2.22 bits per heavy atom. The molecular weight excluding hydrogens is 652 g/mol. The van der Waals surface area contributed by atoms with Crippen LogP contribution in [0.4, 0.5) is 0 Å². The maximum Gasteiger partial charge on any atom is 0.331 e. The first kappa shape index (κ1) is 37.8. The van der Waals surface area contributed by atoms with Gasteiger partial charge < -0.3 is 68.5 Å². The first-order valence-electron chi connectivity index (χ1n) is 15.4. The molecule has 0 aromatic heterocycles. The van der Waals surface area contributed by atoms with E-state index in [1.807, 2.05) is 0 Å². The third kappa shape index (κ3) is 9.37. The fraction of sp³-hybridized carbons (Fsp3) is 0.515. The van der Waals surface area contributed by atoms with E-state index in [9.17, 15) is 40.2 Å². The van der Waals surface area contributed by atoms with Crippen molar-refractivity contribution < 1.29 is 78.1 Å². The zero-order valence-corrected chi connectivity index (χ0v) is 27.3. The number of ether oxygens (including phenoxy) is 8. The van der Waals surface area contributed by atoms with Gasteiger partial charge in [0.15, 0.2) is 47.8 Å². The molecule has 270 valence electrons. The molecule has 0 saturated carbocycles. The van der Waals surface area contributed by atoms with Gasteiger partial charge in [-0.25, -0.2) is 4.79 Å². The first-order valence-corrected chi connectivity index (χ1v) is 15.4. The van der Waals surface area contributed by atoms with Crippen LogP contribution in [0.15, 0.2) is 42.5 Å². The molecule has 2 aromatic carbocycles. The van der Waals surface area contributed by atoms with Crippen LogP contribution in [0.25, 0.3) is 6.08 Å². The predicted octanol–water partition coefficient (Wildman–Crippen LogP) is 0.161. The highest BCUT2D eigenvalue weighted by atomic mass is 16.7. The number of aliphatic hydroxyl groups is 4. The van der Waals surface area contributed by atoms with Crippen molar-refractivity contribution in [2.45, 2.75) is 81.7 Å². The van der Waals surface area contributed by atoms with Gasteiger partial charge in [-0.15, -0.1) is 0 Å². The standard InChI is InChI=1S/C33H42O16/c1-16-29(46-17(2)35)26(39)27(40)33(45-16)49-31-28(41)32(44-12-11-19-6-9-22(42-3)21(37)13-19)47-24(15-34)30(31)48-25(38)10-7-18-5-8-20(36)23(14-18)43-4/h5-10,13-14,16,24,26-34,36-37,39-41H,11-12,15H2,1-4H3/t16-,24+,26+,27-,28+,29+,30-,31+,32-,33-/m1/s1. The maximum atomic E-state index is 13.0. The minimum Gasteiger partial charge on any atom is -0.504 e. The largest absolute Gasteiger partial charge is 0.504 e. The number of hydrogen-bond donors (Lipinski definition) is 6. The Labute approximate surface area is 281 Å². The molecule has 0 radical (unpaired) electrons. The van der Waals surface area contributed by atoms with E-state index in [4.69, 9.17) is 37.9 Å². The smallest absolute Gasteiger partial charge is 0.331 e. The Bertz CT molecular complexity index is 1450. The van der Waals surface area contributed by atoms with Crippen LogP contribution in [0.5, 0.6) is 23.0 Å². The zero-order chi connectivity index (χ0) is 35.8. The van der Waals surface area contributed by atoms with Crippen molar-refractivity contribution in [3.63, 3.8) is 0 Å². The lowest BCUT2D eigenvalue weighted by molar-refractivity contribution is -0.357. The van der Waals surface area contributed by atoms with Gasteiger partial charge in [0.05, 0.1) is 33.5 Å². The van der Waals surface area contributed by atoms with E-state index in [2.05, 4.69) is 0 Å². The molecule has 49 heavy (non-hydrogen) atoms. The number of methoxy groups -OCH3 is 2. The van der Waals surface area contributed by atoms with E-state index in [1.165, 1.54) is 51.5 Å². The fourth-order valence-corrected chi connectivity index (χ4v) is 5.42. The van der Waals surface area contributed by atoms with Gasteiger partial charge in [0, 0.05) is 13.0 Å². The number of phenols is 2. The van der Waals surface area contributed by atoms with Crippen LogP contribution < -0.4 is 9.47 Å². The van der Waals surface area contributed by atoms with Crippen molar-refractivity contribution >= 4 is 18.0 Å². The number of hydrogen-bond acceptors (Lipinski definition) is 16. The summed E-state index contributed by atoms with van der Waals surface area (Å²) >= 11 is 0. The predicted molar refractivity (Wildman–Crippen MR) is 166 cm³/mol. The lowest BCUT2D eigenvalue weighted by atomic mass is 9.96. The Balaban J connectivity index is 1.54. The number of benzene rings is 2. The van der Waals surface area contributed by atoms with E-state index in [-0.39, 0.29) is 36.0 Å². The third-order valence-electron chi connectivity index (χ3n) is 7.95. The highest BCUT2D eigenvalue weighted by Crippen LogP contribution is 2.33. The number of aromatic hydroxyl groups is 2. The minimum atomic E-state index is -1.79. The van der Waals surface area contributed by atoms with Gasteiger partial charge in [0.1, 0.15) is 30.5 Å². The fourth-order valence-electron chi connectivity index (χ4n) is 5.42. The average molecular weight is 695 g/mol. The second-order valence-corrected chi connectivity index (χ2v) is 11.4. The normalized spacial score (nSPS) is 30.1. The molecule has 2 aliphatic heterocycles. The molecule has 16 nitrogen and oxygen atoms in total. The van der Waals surface area contributed by atoms with Crippen LogP contribution in [0.2, 0.25) is 0 Å². The van der Waals surface area contributed by atoms with Crippen LogP contribution in [-0.2, 0) is 44.4 Å². The van der Waals surface area contributed by atoms with Gasteiger partial charge >= 0.3 is 11.9 Å². The zero-order valence-electron chi connectivity index (χ0n) is 27.3. The molecule has 6 N–H and O–H groups in total. The molecule has 0 aliphatic carbocycles. The molecule has 2 aliphatic rings. The number of carbonyl (C=O) groups is 2. The SMILES string of the molecule is COc1ccc(CCO[C@@H]2O[C@@H](CO)[C@@H](OC(=O)C=Cc3ccc(O)c(OC)c3)[C@@H](O[C@H]3O[C@H](C)[C@H](OC(C)=O)[C@@H](O)[C@H]3O)[C@@H]2O)cc1O. The second kappa shape index (κ2) is 17.1. The summed E-state index contributed by atoms with van der Waals surface area (Å²) in [5, 5.41) is 63.2. The van der Waals surface area contributed by atoms with Gasteiger partial charge in [0.2, 0.25) is 0 Å².